The molecule has 0 aliphatic rings. The third-order valence-corrected chi connectivity index (χ3v) is 3.59. The van der Waals surface area contributed by atoms with E-state index < -0.39 is 0 Å². The zero-order valence-electron chi connectivity index (χ0n) is 10.9. The lowest BCUT2D eigenvalue weighted by Gasteiger charge is -2.05. The van der Waals surface area contributed by atoms with Gasteiger partial charge in [0.05, 0.1) is 16.5 Å². The maximum absolute atomic E-state index is 11.8. The third kappa shape index (κ3) is 3.75. The van der Waals surface area contributed by atoms with E-state index in [4.69, 9.17) is 5.73 Å². The second kappa shape index (κ2) is 5.79. The van der Waals surface area contributed by atoms with Crippen molar-refractivity contribution in [1.29, 1.82) is 0 Å². The maximum atomic E-state index is 11.8. The van der Waals surface area contributed by atoms with Gasteiger partial charge in [0.2, 0.25) is 5.91 Å². The second-order valence-electron chi connectivity index (χ2n) is 4.21. The highest BCUT2D eigenvalue weighted by atomic mass is 32.2. The molecule has 1 heterocycles. The van der Waals surface area contributed by atoms with Crippen molar-refractivity contribution < 1.29 is 4.79 Å². The summed E-state index contributed by atoms with van der Waals surface area (Å²) in [5, 5.41) is 8.03. The molecule has 2 rings (SSSR count). The fraction of sp³-hybridized carbons (Fsp3) is 0.231. The van der Waals surface area contributed by atoms with Gasteiger partial charge in [0.1, 0.15) is 0 Å². The first-order chi connectivity index (χ1) is 9.04. The summed E-state index contributed by atoms with van der Waals surface area (Å²) in [4.78, 5) is 11.8. The Kier molecular flexibility index (Phi) is 4.11. The van der Waals surface area contributed by atoms with E-state index >= 15 is 0 Å². The Morgan fingerprint density at radius 2 is 2.11 bits per heavy atom. The average molecular weight is 276 g/mol. The molecule has 0 aliphatic heterocycles. The number of anilines is 2. The molecule has 3 N–H and O–H groups in total. The first kappa shape index (κ1) is 13.5. The molecule has 0 bridgehead atoms. The predicted octanol–water partition coefficient (Wildman–Crippen LogP) is 2.04. The molecule has 0 atom stereocenters. The van der Waals surface area contributed by atoms with Crippen LogP contribution < -0.4 is 11.1 Å². The van der Waals surface area contributed by atoms with Crippen molar-refractivity contribution >= 4 is 29.0 Å². The number of rotatable bonds is 4. The van der Waals surface area contributed by atoms with Gasteiger partial charge in [0.15, 0.2) is 0 Å². The molecule has 19 heavy (non-hydrogen) atoms. The summed E-state index contributed by atoms with van der Waals surface area (Å²) in [6.45, 7) is 1.93. The van der Waals surface area contributed by atoms with Crippen LogP contribution in [-0.4, -0.2) is 21.4 Å². The number of carbonyl (C=O) groups excluding carboxylic acids is 1. The largest absolute Gasteiger partial charge is 0.399 e. The van der Waals surface area contributed by atoms with E-state index in [0.717, 1.165) is 16.4 Å². The van der Waals surface area contributed by atoms with Crippen LogP contribution in [0.4, 0.5) is 11.4 Å². The summed E-state index contributed by atoms with van der Waals surface area (Å²) in [6.07, 6.45) is 0. The number of nitrogen functional groups attached to an aromatic ring is 1. The molecule has 1 amide bonds. The first-order valence-electron chi connectivity index (χ1n) is 5.83. The van der Waals surface area contributed by atoms with Gasteiger partial charge >= 0.3 is 0 Å². The van der Waals surface area contributed by atoms with Gasteiger partial charge in [-0.25, -0.2) is 0 Å². The van der Waals surface area contributed by atoms with E-state index in [1.54, 1.807) is 28.9 Å². The smallest absolute Gasteiger partial charge is 0.234 e. The molecule has 0 saturated heterocycles. The van der Waals surface area contributed by atoms with Crippen LogP contribution in [-0.2, 0) is 11.8 Å². The van der Waals surface area contributed by atoms with Crippen LogP contribution in [0.5, 0.6) is 0 Å². The lowest BCUT2D eigenvalue weighted by atomic mass is 10.3. The summed E-state index contributed by atoms with van der Waals surface area (Å²) in [7, 11) is 1.87. The fourth-order valence-electron chi connectivity index (χ4n) is 1.62. The molecule has 1 aromatic carbocycles. The molecule has 0 spiro atoms. The van der Waals surface area contributed by atoms with E-state index in [2.05, 4.69) is 10.4 Å². The SMILES string of the molecule is Cc1cc(SCC(=O)Nc2ccc(N)cc2)n(C)n1. The van der Waals surface area contributed by atoms with Crippen LogP contribution in [0, 0.1) is 6.92 Å². The normalized spacial score (nSPS) is 10.4. The van der Waals surface area contributed by atoms with Gasteiger partial charge in [-0.1, -0.05) is 11.8 Å². The van der Waals surface area contributed by atoms with Crippen molar-refractivity contribution in [3.05, 3.63) is 36.0 Å². The molecule has 0 saturated carbocycles. The van der Waals surface area contributed by atoms with Crippen LogP contribution in [0.15, 0.2) is 35.4 Å². The van der Waals surface area contributed by atoms with E-state index in [-0.39, 0.29) is 5.91 Å². The number of carbonyl (C=O) groups is 1. The topological polar surface area (TPSA) is 72.9 Å². The summed E-state index contributed by atoms with van der Waals surface area (Å²) in [6, 6.07) is 9.04. The highest BCUT2D eigenvalue weighted by Gasteiger charge is 2.07. The number of amides is 1. The van der Waals surface area contributed by atoms with Gasteiger partial charge in [0, 0.05) is 18.4 Å². The minimum atomic E-state index is -0.0476. The van der Waals surface area contributed by atoms with E-state index in [1.165, 1.54) is 11.8 Å². The number of hydrogen-bond donors (Lipinski definition) is 2. The fourth-order valence-corrected chi connectivity index (χ4v) is 2.46. The number of benzene rings is 1. The van der Waals surface area contributed by atoms with Crippen molar-refractivity contribution in [3.8, 4) is 0 Å². The summed E-state index contributed by atoms with van der Waals surface area (Å²) in [5.41, 5.74) is 7.96. The molecule has 0 aliphatic carbocycles. The first-order valence-corrected chi connectivity index (χ1v) is 6.82. The Hall–Kier alpha value is -1.95. The summed E-state index contributed by atoms with van der Waals surface area (Å²) < 4.78 is 1.77. The zero-order valence-corrected chi connectivity index (χ0v) is 11.7. The second-order valence-corrected chi connectivity index (χ2v) is 5.20. The Morgan fingerprint density at radius 1 is 1.42 bits per heavy atom. The Labute approximate surface area is 116 Å². The number of aromatic nitrogens is 2. The minimum absolute atomic E-state index is 0.0476. The molecule has 100 valence electrons. The van der Waals surface area contributed by atoms with Gasteiger partial charge in [-0.15, -0.1) is 0 Å². The Morgan fingerprint density at radius 3 is 2.68 bits per heavy atom. The van der Waals surface area contributed by atoms with Crippen molar-refractivity contribution in [2.75, 3.05) is 16.8 Å². The van der Waals surface area contributed by atoms with Crippen LogP contribution >= 0.6 is 11.8 Å². The lowest BCUT2D eigenvalue weighted by molar-refractivity contribution is -0.113. The van der Waals surface area contributed by atoms with Crippen molar-refractivity contribution in [2.45, 2.75) is 11.9 Å². The van der Waals surface area contributed by atoms with Crippen molar-refractivity contribution in [2.24, 2.45) is 7.05 Å². The minimum Gasteiger partial charge on any atom is -0.399 e. The quantitative estimate of drug-likeness (QED) is 0.662. The number of thioether (sulfide) groups is 1. The van der Waals surface area contributed by atoms with Crippen molar-refractivity contribution in [3.63, 3.8) is 0 Å². The number of nitrogens with zero attached hydrogens (tertiary/aromatic N) is 2. The highest BCUT2D eigenvalue weighted by Crippen LogP contribution is 2.18. The van der Waals surface area contributed by atoms with Crippen LogP contribution in [0.25, 0.3) is 0 Å². The number of nitrogens with one attached hydrogen (secondary N) is 1. The van der Waals surface area contributed by atoms with E-state index in [1.807, 2.05) is 20.0 Å². The standard InChI is InChI=1S/C13H16N4OS/c1-9-7-13(17(2)16-9)19-8-12(18)15-11-5-3-10(14)4-6-11/h3-7H,8,14H2,1-2H3,(H,15,18). The molecule has 1 aromatic heterocycles. The Bertz CT molecular complexity index is 577. The van der Waals surface area contributed by atoms with Gasteiger partial charge in [-0.05, 0) is 37.3 Å². The van der Waals surface area contributed by atoms with Gasteiger partial charge in [0.25, 0.3) is 0 Å². The monoisotopic (exact) mass is 276 g/mol. The van der Waals surface area contributed by atoms with Gasteiger partial charge in [-0.2, -0.15) is 5.10 Å². The molecule has 0 fully saturated rings. The maximum Gasteiger partial charge on any atom is 0.234 e. The van der Waals surface area contributed by atoms with E-state index in [0.29, 0.717) is 11.4 Å². The number of hydrogen-bond acceptors (Lipinski definition) is 4. The van der Waals surface area contributed by atoms with Crippen LogP contribution in [0.2, 0.25) is 0 Å². The molecule has 0 unspecified atom stereocenters. The molecule has 2 aromatic rings. The number of nitrogens with two attached hydrogens (primary N) is 1. The van der Waals surface area contributed by atoms with Crippen LogP contribution in [0.3, 0.4) is 0 Å². The molecule has 6 heteroatoms. The molecular formula is C13H16N4OS. The molecule has 0 radical (unpaired) electrons. The van der Waals surface area contributed by atoms with Gasteiger partial charge < -0.3 is 11.1 Å². The Balaban J connectivity index is 1.88. The number of aryl methyl sites for hydroxylation is 2. The zero-order chi connectivity index (χ0) is 13.8. The molecular weight excluding hydrogens is 260 g/mol. The van der Waals surface area contributed by atoms with Crippen molar-refractivity contribution in [1.82, 2.24) is 9.78 Å². The summed E-state index contributed by atoms with van der Waals surface area (Å²) in [5.74, 6) is 0.303. The van der Waals surface area contributed by atoms with E-state index in [9.17, 15) is 4.79 Å². The predicted molar refractivity (Wildman–Crippen MR) is 78.2 cm³/mol. The molecule has 5 nitrogen and oxygen atoms in total. The van der Waals surface area contributed by atoms with Gasteiger partial charge in [-0.3, -0.25) is 9.48 Å². The highest BCUT2D eigenvalue weighted by molar-refractivity contribution is 7.99. The van der Waals surface area contributed by atoms with Crippen LogP contribution in [0.1, 0.15) is 5.69 Å². The lowest BCUT2D eigenvalue weighted by Crippen LogP contribution is -2.14. The third-order valence-electron chi connectivity index (χ3n) is 2.50. The average Bonchev–Trinajstić information content (AvgIpc) is 2.68. The summed E-state index contributed by atoms with van der Waals surface area (Å²) >= 11 is 1.46.